The maximum atomic E-state index is 5.84. The number of aryl methyl sites for hydroxylation is 1. The highest BCUT2D eigenvalue weighted by atomic mass is 127. The van der Waals surface area contributed by atoms with Crippen molar-refractivity contribution in [2.24, 2.45) is 0 Å². The van der Waals surface area contributed by atoms with Crippen molar-refractivity contribution in [2.45, 2.75) is 19.9 Å². The number of nitrogens with one attached hydrogen (secondary N) is 1. The number of halogens is 1. The van der Waals surface area contributed by atoms with Crippen LogP contribution in [0, 0.1) is 10.5 Å². The van der Waals surface area contributed by atoms with E-state index in [9.17, 15) is 0 Å². The van der Waals surface area contributed by atoms with Crippen LogP contribution in [0.2, 0.25) is 0 Å². The summed E-state index contributed by atoms with van der Waals surface area (Å²) in [7, 11) is 0. The monoisotopic (exact) mass is 395 g/mol. The Morgan fingerprint density at radius 3 is 2.86 bits per heavy atom. The lowest BCUT2D eigenvalue weighted by Gasteiger charge is -2.14. The van der Waals surface area contributed by atoms with E-state index in [-0.39, 0.29) is 0 Å². The summed E-state index contributed by atoms with van der Waals surface area (Å²) in [6.45, 7) is 4.28. The quantitative estimate of drug-likeness (QED) is 0.783. The van der Waals surface area contributed by atoms with Crippen molar-refractivity contribution < 1.29 is 9.47 Å². The number of hydrogen-bond donors (Lipinski definition) is 1. The lowest BCUT2D eigenvalue weighted by molar-refractivity contribution is 0.296. The van der Waals surface area contributed by atoms with Crippen molar-refractivity contribution in [3.8, 4) is 11.5 Å². The van der Waals surface area contributed by atoms with Crippen LogP contribution < -0.4 is 14.8 Å². The molecule has 2 aromatic carbocycles. The maximum absolute atomic E-state index is 5.84. The molecule has 1 aliphatic rings. The normalized spacial score (nSPS) is 13.6. The van der Waals surface area contributed by atoms with Gasteiger partial charge in [0, 0.05) is 27.8 Å². The Bertz CT molecular complexity index is 643. The zero-order valence-corrected chi connectivity index (χ0v) is 14.1. The highest BCUT2D eigenvalue weighted by Gasteiger charge is 2.14. The van der Waals surface area contributed by atoms with Gasteiger partial charge in [-0.25, -0.2) is 0 Å². The molecule has 0 aliphatic carbocycles. The summed E-state index contributed by atoms with van der Waals surface area (Å²) in [4.78, 5) is 0. The molecule has 4 heteroatoms. The van der Waals surface area contributed by atoms with Crippen molar-refractivity contribution in [3.05, 3.63) is 51.1 Å². The van der Waals surface area contributed by atoms with Gasteiger partial charge in [0.15, 0.2) is 11.5 Å². The number of benzene rings is 2. The van der Waals surface area contributed by atoms with E-state index >= 15 is 0 Å². The molecule has 0 spiro atoms. The van der Waals surface area contributed by atoms with E-state index in [1.54, 1.807) is 0 Å². The molecule has 0 aromatic heterocycles. The zero-order chi connectivity index (χ0) is 14.7. The second kappa shape index (κ2) is 6.56. The molecule has 0 unspecified atom stereocenters. The van der Waals surface area contributed by atoms with E-state index in [2.05, 4.69) is 59.1 Å². The molecule has 0 radical (unpaired) electrons. The van der Waals surface area contributed by atoms with Gasteiger partial charge in [0.1, 0.15) is 0 Å². The number of rotatable bonds is 3. The fourth-order valence-electron chi connectivity index (χ4n) is 2.29. The molecule has 0 fully saturated rings. The summed E-state index contributed by atoms with van der Waals surface area (Å²) >= 11 is 2.36. The van der Waals surface area contributed by atoms with E-state index in [4.69, 9.17) is 9.47 Å². The van der Waals surface area contributed by atoms with E-state index < -0.39 is 0 Å². The van der Waals surface area contributed by atoms with E-state index in [0.717, 1.165) is 42.3 Å². The van der Waals surface area contributed by atoms with Crippen molar-refractivity contribution in [3.63, 3.8) is 0 Å². The predicted molar refractivity (Wildman–Crippen MR) is 93.3 cm³/mol. The number of hydrogen-bond acceptors (Lipinski definition) is 3. The van der Waals surface area contributed by atoms with Gasteiger partial charge in [0.2, 0.25) is 0 Å². The van der Waals surface area contributed by atoms with Crippen LogP contribution in [0.1, 0.15) is 17.5 Å². The molecule has 0 saturated heterocycles. The van der Waals surface area contributed by atoms with Crippen LogP contribution >= 0.6 is 22.6 Å². The molecule has 0 saturated carbocycles. The lowest BCUT2D eigenvalue weighted by atomic mass is 10.1. The Balaban J connectivity index is 1.77. The van der Waals surface area contributed by atoms with Gasteiger partial charge in [-0.05, 0) is 53.3 Å². The van der Waals surface area contributed by atoms with Crippen molar-refractivity contribution in [1.82, 2.24) is 0 Å². The van der Waals surface area contributed by atoms with Gasteiger partial charge in [-0.1, -0.05) is 18.2 Å². The van der Waals surface area contributed by atoms with Crippen molar-refractivity contribution in [1.29, 1.82) is 0 Å². The third-order valence-electron chi connectivity index (χ3n) is 3.51. The van der Waals surface area contributed by atoms with Gasteiger partial charge in [0.25, 0.3) is 0 Å². The fourth-order valence-corrected chi connectivity index (χ4v) is 2.81. The molecule has 0 atom stereocenters. The van der Waals surface area contributed by atoms with Crippen LogP contribution in [0.4, 0.5) is 5.69 Å². The van der Waals surface area contributed by atoms with Crippen LogP contribution in [-0.4, -0.2) is 13.2 Å². The molecule has 2 aromatic rings. The number of anilines is 1. The predicted octanol–water partition coefficient (Wildman–Crippen LogP) is 4.37. The van der Waals surface area contributed by atoms with Crippen molar-refractivity contribution in [2.75, 3.05) is 18.5 Å². The number of fused-ring (bicyclic) bond motifs is 1. The summed E-state index contributed by atoms with van der Waals surface area (Å²) in [6, 6.07) is 12.5. The largest absolute Gasteiger partial charge is 0.490 e. The Labute approximate surface area is 138 Å². The molecule has 3 rings (SSSR count). The average molecular weight is 395 g/mol. The van der Waals surface area contributed by atoms with Crippen LogP contribution in [0.25, 0.3) is 0 Å². The highest BCUT2D eigenvalue weighted by molar-refractivity contribution is 14.1. The Morgan fingerprint density at radius 2 is 2.00 bits per heavy atom. The summed E-state index contributed by atoms with van der Waals surface area (Å²) in [6.07, 6.45) is 0.928. The molecule has 0 bridgehead atoms. The van der Waals surface area contributed by atoms with Gasteiger partial charge in [-0.2, -0.15) is 0 Å². The van der Waals surface area contributed by atoms with Gasteiger partial charge < -0.3 is 14.8 Å². The molecule has 21 heavy (non-hydrogen) atoms. The van der Waals surface area contributed by atoms with E-state index in [1.165, 1.54) is 9.13 Å². The minimum absolute atomic E-state index is 0.715. The smallest absolute Gasteiger partial charge is 0.166 e. The van der Waals surface area contributed by atoms with Crippen LogP contribution in [-0.2, 0) is 6.54 Å². The standard InChI is InChI=1S/C17H18INO2/c1-12-6-7-14(10-15(12)18)19-11-13-4-2-5-16-17(13)21-9-3-8-20-16/h2,4-7,10,19H,3,8-9,11H2,1H3. The zero-order valence-electron chi connectivity index (χ0n) is 12.0. The van der Waals surface area contributed by atoms with Crippen LogP contribution in [0.15, 0.2) is 36.4 Å². The van der Waals surface area contributed by atoms with Gasteiger partial charge >= 0.3 is 0 Å². The van der Waals surface area contributed by atoms with Gasteiger partial charge in [0.05, 0.1) is 13.2 Å². The highest BCUT2D eigenvalue weighted by Crippen LogP contribution is 2.33. The first-order valence-electron chi connectivity index (χ1n) is 7.11. The fraction of sp³-hybridized carbons (Fsp3) is 0.294. The molecule has 1 heterocycles. The third-order valence-corrected chi connectivity index (χ3v) is 4.67. The number of ether oxygens (including phenoxy) is 2. The maximum Gasteiger partial charge on any atom is 0.166 e. The molecule has 1 aliphatic heterocycles. The third kappa shape index (κ3) is 3.43. The topological polar surface area (TPSA) is 30.5 Å². The first-order chi connectivity index (χ1) is 10.2. The molecular weight excluding hydrogens is 377 g/mol. The molecule has 1 N–H and O–H groups in total. The second-order valence-electron chi connectivity index (χ2n) is 5.11. The minimum atomic E-state index is 0.715. The average Bonchev–Trinajstić information content (AvgIpc) is 2.74. The summed E-state index contributed by atoms with van der Waals surface area (Å²) in [5, 5.41) is 3.46. The molecule has 3 nitrogen and oxygen atoms in total. The van der Waals surface area contributed by atoms with E-state index in [1.807, 2.05) is 12.1 Å². The van der Waals surface area contributed by atoms with Crippen LogP contribution in [0.5, 0.6) is 11.5 Å². The van der Waals surface area contributed by atoms with Crippen molar-refractivity contribution >= 4 is 28.3 Å². The Kier molecular flexibility index (Phi) is 4.53. The summed E-state index contributed by atoms with van der Waals surface area (Å²) < 4.78 is 12.8. The lowest BCUT2D eigenvalue weighted by Crippen LogP contribution is -2.04. The molecule has 0 amide bonds. The first kappa shape index (κ1) is 14.5. The summed E-state index contributed by atoms with van der Waals surface area (Å²) in [5.41, 5.74) is 3.55. The van der Waals surface area contributed by atoms with Gasteiger partial charge in [-0.15, -0.1) is 0 Å². The first-order valence-corrected chi connectivity index (χ1v) is 8.19. The summed E-state index contributed by atoms with van der Waals surface area (Å²) in [5.74, 6) is 1.73. The van der Waals surface area contributed by atoms with Gasteiger partial charge in [-0.3, -0.25) is 0 Å². The number of para-hydroxylation sites is 1. The second-order valence-corrected chi connectivity index (χ2v) is 6.27. The van der Waals surface area contributed by atoms with E-state index in [0.29, 0.717) is 6.61 Å². The minimum Gasteiger partial charge on any atom is -0.490 e. The Hall–Kier alpha value is -1.43. The SMILES string of the molecule is Cc1ccc(NCc2cccc3c2OCCCO3)cc1I. The molecular formula is C17H18INO2. The van der Waals surface area contributed by atoms with Crippen LogP contribution in [0.3, 0.4) is 0 Å². The molecule has 110 valence electrons. The Morgan fingerprint density at radius 1 is 1.14 bits per heavy atom.